The van der Waals surface area contributed by atoms with E-state index >= 15 is 0 Å². The second kappa shape index (κ2) is 9.62. The number of aryl methyl sites for hydroxylation is 2. The molecule has 3 rings (SSSR count). The van der Waals surface area contributed by atoms with Gasteiger partial charge in [0.1, 0.15) is 12.2 Å². The van der Waals surface area contributed by atoms with E-state index in [9.17, 15) is 0 Å². The number of hydrogen-bond acceptors (Lipinski definition) is 4. The van der Waals surface area contributed by atoms with Crippen LogP contribution in [0.3, 0.4) is 0 Å². The highest BCUT2D eigenvalue weighted by atomic mass is 16.5. The van der Waals surface area contributed by atoms with Gasteiger partial charge < -0.3 is 20.1 Å². The van der Waals surface area contributed by atoms with Crippen LogP contribution in [-0.4, -0.2) is 47.1 Å². The van der Waals surface area contributed by atoms with Crippen LogP contribution in [0.1, 0.15) is 50.2 Å². The maximum absolute atomic E-state index is 6.08. The average molecular weight is 428 g/mol. The zero-order chi connectivity index (χ0) is 22.6. The van der Waals surface area contributed by atoms with Gasteiger partial charge in [0.05, 0.1) is 12.2 Å². The number of nitrogens with zero attached hydrogens (tertiary/aromatic N) is 3. The fourth-order valence-corrected chi connectivity index (χ4v) is 4.04. The minimum atomic E-state index is -0.177. The Balaban J connectivity index is 1.55. The summed E-state index contributed by atoms with van der Waals surface area (Å²) in [5.41, 5.74) is 4.62. The summed E-state index contributed by atoms with van der Waals surface area (Å²) in [6.07, 6.45) is 1.80. The second-order valence-electron chi connectivity index (χ2n) is 8.91. The highest BCUT2D eigenvalue weighted by Gasteiger charge is 2.32. The van der Waals surface area contributed by atoms with Gasteiger partial charge in [0, 0.05) is 37.3 Å². The highest BCUT2D eigenvalue weighted by molar-refractivity contribution is 5.80. The first-order valence-corrected chi connectivity index (χ1v) is 11.2. The van der Waals surface area contributed by atoms with Crippen LogP contribution < -0.4 is 20.1 Å². The Morgan fingerprint density at radius 1 is 1.35 bits per heavy atom. The molecule has 0 aliphatic carbocycles. The predicted octanol–water partition coefficient (Wildman–Crippen LogP) is 3.32. The van der Waals surface area contributed by atoms with E-state index in [2.05, 4.69) is 63.3 Å². The van der Waals surface area contributed by atoms with Gasteiger partial charge in [0.15, 0.2) is 17.5 Å². The summed E-state index contributed by atoms with van der Waals surface area (Å²) < 4.78 is 14.0. The summed E-state index contributed by atoms with van der Waals surface area (Å²) in [4.78, 5) is 4.69. The maximum atomic E-state index is 6.08. The zero-order valence-corrected chi connectivity index (χ0v) is 20.0. The normalized spacial score (nSPS) is 15.9. The Kier molecular flexibility index (Phi) is 7.13. The number of rotatable bonds is 8. The lowest BCUT2D eigenvalue weighted by molar-refractivity contribution is 0.132. The van der Waals surface area contributed by atoms with E-state index in [1.165, 1.54) is 16.8 Å². The molecule has 0 saturated carbocycles. The minimum absolute atomic E-state index is 0.177. The average Bonchev–Trinajstić information content (AvgIpc) is 3.14. The smallest absolute Gasteiger partial charge is 0.191 e. The van der Waals surface area contributed by atoms with Gasteiger partial charge in [-0.15, -0.1) is 0 Å². The molecule has 0 fully saturated rings. The van der Waals surface area contributed by atoms with Gasteiger partial charge in [0.25, 0.3) is 0 Å². The first-order chi connectivity index (χ1) is 14.7. The number of guanidine groups is 1. The Labute approximate surface area is 186 Å². The molecule has 1 aromatic heterocycles. The summed E-state index contributed by atoms with van der Waals surface area (Å²) in [5, 5.41) is 11.3. The first-order valence-electron chi connectivity index (χ1n) is 11.2. The lowest BCUT2D eigenvalue weighted by atomic mass is 10.0. The molecule has 2 N–H and O–H groups in total. The number of para-hydroxylation sites is 1. The van der Waals surface area contributed by atoms with E-state index in [-0.39, 0.29) is 11.6 Å². The highest BCUT2D eigenvalue weighted by Crippen LogP contribution is 2.41. The molecular formula is C24H37N5O2. The Morgan fingerprint density at radius 2 is 2.13 bits per heavy atom. The van der Waals surface area contributed by atoms with Crippen molar-refractivity contribution in [2.45, 2.75) is 66.0 Å². The zero-order valence-electron chi connectivity index (χ0n) is 20.0. The molecule has 1 atom stereocenters. The van der Waals surface area contributed by atoms with E-state index in [0.29, 0.717) is 13.2 Å². The molecule has 1 unspecified atom stereocenters. The number of hydrogen-bond donors (Lipinski definition) is 2. The van der Waals surface area contributed by atoms with Crippen molar-refractivity contribution in [3.8, 4) is 11.5 Å². The van der Waals surface area contributed by atoms with Gasteiger partial charge in [-0.25, -0.2) is 4.99 Å². The molecule has 0 radical (unpaired) electrons. The van der Waals surface area contributed by atoms with Gasteiger partial charge >= 0.3 is 0 Å². The molecule has 2 heterocycles. The molecule has 2 aromatic rings. The Morgan fingerprint density at radius 3 is 2.81 bits per heavy atom. The molecule has 0 amide bonds. The number of aromatic nitrogens is 2. The molecule has 0 spiro atoms. The van der Waals surface area contributed by atoms with Crippen molar-refractivity contribution in [1.29, 1.82) is 0 Å². The molecule has 170 valence electrons. The molecular weight excluding hydrogens is 390 g/mol. The third kappa shape index (κ3) is 5.71. The number of ether oxygens (including phenoxy) is 2. The van der Waals surface area contributed by atoms with Crippen LogP contribution in [0.5, 0.6) is 11.5 Å². The first kappa shape index (κ1) is 23.0. The van der Waals surface area contributed by atoms with Crippen LogP contribution in [0.15, 0.2) is 23.2 Å². The van der Waals surface area contributed by atoms with Gasteiger partial charge in [-0.2, -0.15) is 5.10 Å². The van der Waals surface area contributed by atoms with Crippen LogP contribution in [0, 0.1) is 13.8 Å². The fourth-order valence-electron chi connectivity index (χ4n) is 4.04. The molecule has 7 heteroatoms. The summed E-state index contributed by atoms with van der Waals surface area (Å²) >= 11 is 0. The van der Waals surface area contributed by atoms with E-state index < -0.39 is 0 Å². The summed E-state index contributed by atoms with van der Waals surface area (Å²) in [7, 11) is 1.99. The van der Waals surface area contributed by atoms with E-state index in [0.717, 1.165) is 42.5 Å². The van der Waals surface area contributed by atoms with E-state index in [4.69, 9.17) is 14.5 Å². The lowest BCUT2D eigenvalue weighted by Crippen LogP contribution is -2.43. The van der Waals surface area contributed by atoms with Crippen LogP contribution in [-0.2, 0) is 19.9 Å². The molecule has 0 saturated heterocycles. The SMILES string of the molecule is CCNC(=NCCOc1cccc2c1OC(C)(C)C2)NC(C)Cc1c(C)nn(C)c1C. The molecule has 1 aliphatic rings. The van der Waals surface area contributed by atoms with Gasteiger partial charge in [-0.1, -0.05) is 12.1 Å². The third-order valence-electron chi connectivity index (χ3n) is 5.57. The summed E-state index contributed by atoms with van der Waals surface area (Å²) in [6, 6.07) is 6.33. The second-order valence-corrected chi connectivity index (χ2v) is 8.91. The molecule has 1 aliphatic heterocycles. The summed E-state index contributed by atoms with van der Waals surface area (Å²) in [5.74, 6) is 2.47. The van der Waals surface area contributed by atoms with E-state index in [1.54, 1.807) is 0 Å². The van der Waals surface area contributed by atoms with E-state index in [1.807, 2.05) is 23.9 Å². The van der Waals surface area contributed by atoms with Crippen molar-refractivity contribution < 1.29 is 9.47 Å². The quantitative estimate of drug-likeness (QED) is 0.384. The van der Waals surface area contributed by atoms with Crippen molar-refractivity contribution in [2.24, 2.45) is 12.0 Å². The van der Waals surface area contributed by atoms with Crippen LogP contribution >= 0.6 is 0 Å². The van der Waals surface area contributed by atoms with Crippen molar-refractivity contribution in [2.75, 3.05) is 19.7 Å². The number of aliphatic imine (C=N–C) groups is 1. The van der Waals surface area contributed by atoms with Crippen LogP contribution in [0.4, 0.5) is 0 Å². The largest absolute Gasteiger partial charge is 0.488 e. The fraction of sp³-hybridized carbons (Fsp3) is 0.583. The van der Waals surface area contributed by atoms with Crippen LogP contribution in [0.25, 0.3) is 0 Å². The Hall–Kier alpha value is -2.70. The molecule has 1 aromatic carbocycles. The van der Waals surface area contributed by atoms with Crippen LogP contribution in [0.2, 0.25) is 0 Å². The number of nitrogens with one attached hydrogen (secondary N) is 2. The van der Waals surface area contributed by atoms with Gasteiger partial charge in [-0.3, -0.25) is 4.68 Å². The predicted molar refractivity (Wildman–Crippen MR) is 125 cm³/mol. The van der Waals surface area contributed by atoms with Gasteiger partial charge in [-0.05, 0) is 59.6 Å². The summed E-state index contributed by atoms with van der Waals surface area (Å²) in [6.45, 7) is 14.5. The standard InChI is InChI=1S/C24H37N5O2/c1-8-25-23(27-16(2)14-20-17(3)28-29(7)18(20)4)26-12-13-30-21-11-9-10-19-15-24(5,6)31-22(19)21/h9-11,16H,8,12-15H2,1-7H3,(H2,25,26,27). The number of fused-ring (bicyclic) bond motifs is 1. The van der Waals surface area contributed by atoms with Crippen molar-refractivity contribution in [3.05, 3.63) is 40.7 Å². The maximum Gasteiger partial charge on any atom is 0.191 e. The minimum Gasteiger partial charge on any atom is -0.488 e. The third-order valence-corrected chi connectivity index (χ3v) is 5.57. The monoisotopic (exact) mass is 427 g/mol. The topological polar surface area (TPSA) is 72.7 Å². The van der Waals surface area contributed by atoms with Crippen molar-refractivity contribution in [1.82, 2.24) is 20.4 Å². The van der Waals surface area contributed by atoms with Crippen molar-refractivity contribution >= 4 is 5.96 Å². The van der Waals surface area contributed by atoms with Gasteiger partial charge in [0.2, 0.25) is 0 Å². The van der Waals surface area contributed by atoms with Crippen molar-refractivity contribution in [3.63, 3.8) is 0 Å². The Bertz CT molecular complexity index is 932. The number of benzene rings is 1. The lowest BCUT2D eigenvalue weighted by Gasteiger charge is -2.19. The molecule has 31 heavy (non-hydrogen) atoms. The molecule has 0 bridgehead atoms. The molecule has 7 nitrogen and oxygen atoms in total.